The first-order valence-electron chi connectivity index (χ1n) is 3.72. The molecule has 1 aromatic carbocycles. The normalized spacial score (nSPS) is 9.38. The number of hydrogen-bond acceptors (Lipinski definition) is 2. The quantitative estimate of drug-likeness (QED) is 0.329. The lowest BCUT2D eigenvalue weighted by Crippen LogP contribution is -2.39. The van der Waals surface area contributed by atoms with Gasteiger partial charge in [-0.2, -0.15) is 0 Å². The minimum Gasteiger partial charge on any atom is -0.333 e. The predicted octanol–water partition coefficient (Wildman–Crippen LogP) is 0.964. The van der Waals surface area contributed by atoms with Crippen LogP contribution in [-0.2, 0) is 6.54 Å². The smallest absolute Gasteiger partial charge is 0.329 e. The van der Waals surface area contributed by atoms with E-state index in [1.54, 1.807) is 0 Å². The van der Waals surface area contributed by atoms with E-state index in [1.807, 2.05) is 29.7 Å². The summed E-state index contributed by atoms with van der Waals surface area (Å²) in [4.78, 5) is 10.7. The van der Waals surface area contributed by atoms with E-state index >= 15 is 0 Å². The van der Waals surface area contributed by atoms with Gasteiger partial charge in [-0.1, -0.05) is 18.2 Å². The lowest BCUT2D eigenvalue weighted by Gasteiger charge is -2.05. The Morgan fingerprint density at radius 1 is 1.46 bits per heavy atom. The highest BCUT2D eigenvalue weighted by molar-refractivity contribution is 14.1. The predicted molar refractivity (Wildman–Crippen MR) is 58.7 cm³/mol. The van der Waals surface area contributed by atoms with Crippen LogP contribution in [0.5, 0.6) is 0 Å². The van der Waals surface area contributed by atoms with Crippen LogP contribution in [0.4, 0.5) is 4.79 Å². The number of benzene rings is 1. The second kappa shape index (κ2) is 5.03. The van der Waals surface area contributed by atoms with Crippen LogP contribution in [0, 0.1) is 3.57 Å². The first-order chi connectivity index (χ1) is 6.24. The number of nitrogens with one attached hydrogen (secondary N) is 2. The highest BCUT2D eigenvalue weighted by atomic mass is 127. The second-order valence-corrected chi connectivity index (χ2v) is 3.58. The molecule has 1 aromatic rings. The summed E-state index contributed by atoms with van der Waals surface area (Å²) in [5, 5.41) is 2.61. The van der Waals surface area contributed by atoms with Crippen molar-refractivity contribution < 1.29 is 4.79 Å². The maximum atomic E-state index is 10.7. The van der Waals surface area contributed by atoms with E-state index in [9.17, 15) is 4.79 Å². The summed E-state index contributed by atoms with van der Waals surface area (Å²) in [5.74, 6) is 4.91. The highest BCUT2D eigenvalue weighted by Crippen LogP contribution is 2.10. The van der Waals surface area contributed by atoms with Gasteiger partial charge in [0, 0.05) is 10.1 Å². The number of carbonyl (C=O) groups is 1. The number of hydrogen-bond donors (Lipinski definition) is 3. The molecule has 2 amide bonds. The SMILES string of the molecule is NNC(=O)NCc1ccccc1I. The van der Waals surface area contributed by atoms with E-state index in [2.05, 4.69) is 27.9 Å². The fourth-order valence-corrected chi connectivity index (χ4v) is 1.45. The molecule has 0 unspecified atom stereocenters. The Balaban J connectivity index is 2.54. The Hall–Kier alpha value is -0.820. The zero-order valence-corrected chi connectivity index (χ0v) is 9.04. The molecule has 0 saturated carbocycles. The van der Waals surface area contributed by atoms with Crippen molar-refractivity contribution >= 4 is 28.6 Å². The number of urea groups is 1. The van der Waals surface area contributed by atoms with Gasteiger partial charge in [0.25, 0.3) is 0 Å². The van der Waals surface area contributed by atoms with Gasteiger partial charge in [0.05, 0.1) is 0 Å². The maximum absolute atomic E-state index is 10.7. The van der Waals surface area contributed by atoms with Crippen LogP contribution in [0.25, 0.3) is 0 Å². The van der Waals surface area contributed by atoms with Crippen LogP contribution in [0.1, 0.15) is 5.56 Å². The Morgan fingerprint density at radius 2 is 2.15 bits per heavy atom. The summed E-state index contributed by atoms with van der Waals surface area (Å²) in [5.41, 5.74) is 3.08. The van der Waals surface area contributed by atoms with Gasteiger partial charge < -0.3 is 5.32 Å². The number of rotatable bonds is 2. The minimum atomic E-state index is -0.375. The van der Waals surface area contributed by atoms with Crippen LogP contribution >= 0.6 is 22.6 Å². The molecular weight excluding hydrogens is 281 g/mol. The summed E-state index contributed by atoms with van der Waals surface area (Å²) < 4.78 is 1.12. The molecule has 4 N–H and O–H groups in total. The number of nitrogens with two attached hydrogens (primary N) is 1. The molecule has 0 spiro atoms. The van der Waals surface area contributed by atoms with Crippen molar-refractivity contribution in [1.82, 2.24) is 10.7 Å². The van der Waals surface area contributed by atoms with Crippen LogP contribution in [0.2, 0.25) is 0 Å². The molecule has 0 heterocycles. The van der Waals surface area contributed by atoms with E-state index in [-0.39, 0.29) is 6.03 Å². The summed E-state index contributed by atoms with van der Waals surface area (Å²) in [7, 11) is 0. The van der Waals surface area contributed by atoms with Gasteiger partial charge in [-0.15, -0.1) is 0 Å². The molecule has 5 heteroatoms. The topological polar surface area (TPSA) is 67.1 Å². The Kier molecular flexibility index (Phi) is 3.97. The Morgan fingerprint density at radius 3 is 2.77 bits per heavy atom. The first kappa shape index (κ1) is 10.3. The third-order valence-corrected chi connectivity index (χ3v) is 2.58. The zero-order chi connectivity index (χ0) is 9.68. The molecule has 0 atom stereocenters. The fraction of sp³-hybridized carbons (Fsp3) is 0.125. The monoisotopic (exact) mass is 291 g/mol. The average molecular weight is 291 g/mol. The summed E-state index contributed by atoms with van der Waals surface area (Å²) in [6.07, 6.45) is 0. The fourth-order valence-electron chi connectivity index (χ4n) is 0.868. The van der Waals surface area contributed by atoms with E-state index in [0.717, 1.165) is 9.13 Å². The van der Waals surface area contributed by atoms with Crippen molar-refractivity contribution in [2.45, 2.75) is 6.54 Å². The van der Waals surface area contributed by atoms with Gasteiger partial charge >= 0.3 is 6.03 Å². The standard InChI is InChI=1S/C8H10IN3O/c9-7-4-2-1-3-6(7)5-11-8(13)12-10/h1-4H,5,10H2,(H2,11,12,13). The average Bonchev–Trinajstić information content (AvgIpc) is 2.16. The van der Waals surface area contributed by atoms with E-state index in [4.69, 9.17) is 5.84 Å². The molecule has 13 heavy (non-hydrogen) atoms. The molecule has 4 nitrogen and oxygen atoms in total. The van der Waals surface area contributed by atoms with Crippen molar-refractivity contribution in [1.29, 1.82) is 0 Å². The van der Waals surface area contributed by atoms with E-state index < -0.39 is 0 Å². The van der Waals surface area contributed by atoms with Crippen molar-refractivity contribution in [2.24, 2.45) is 5.84 Å². The third-order valence-electron chi connectivity index (χ3n) is 1.53. The molecule has 70 valence electrons. The summed E-state index contributed by atoms with van der Waals surface area (Å²) >= 11 is 2.22. The molecule has 0 radical (unpaired) electrons. The van der Waals surface area contributed by atoms with Crippen LogP contribution in [-0.4, -0.2) is 6.03 Å². The lowest BCUT2D eigenvalue weighted by atomic mass is 10.2. The van der Waals surface area contributed by atoms with Crippen LogP contribution in [0.3, 0.4) is 0 Å². The molecule has 0 aromatic heterocycles. The van der Waals surface area contributed by atoms with Crippen molar-refractivity contribution in [2.75, 3.05) is 0 Å². The van der Waals surface area contributed by atoms with Crippen LogP contribution < -0.4 is 16.6 Å². The van der Waals surface area contributed by atoms with Crippen molar-refractivity contribution in [3.05, 3.63) is 33.4 Å². The molecule has 0 fully saturated rings. The number of amides is 2. The highest BCUT2D eigenvalue weighted by Gasteiger charge is 1.99. The van der Waals surface area contributed by atoms with Crippen molar-refractivity contribution in [3.63, 3.8) is 0 Å². The molecule has 0 aliphatic carbocycles. The summed E-state index contributed by atoms with van der Waals surface area (Å²) in [6.45, 7) is 0.488. The van der Waals surface area contributed by atoms with Crippen molar-refractivity contribution in [3.8, 4) is 0 Å². The van der Waals surface area contributed by atoms with Gasteiger partial charge in [-0.25, -0.2) is 10.6 Å². The number of hydrazine groups is 1. The zero-order valence-electron chi connectivity index (χ0n) is 6.88. The van der Waals surface area contributed by atoms with Crippen LogP contribution in [0.15, 0.2) is 24.3 Å². The molecular formula is C8H10IN3O. The number of halogens is 1. The lowest BCUT2D eigenvalue weighted by molar-refractivity contribution is 0.240. The Labute approximate surface area is 90.0 Å². The first-order valence-corrected chi connectivity index (χ1v) is 4.79. The van der Waals surface area contributed by atoms with Gasteiger partial charge in [0.1, 0.15) is 0 Å². The number of carbonyl (C=O) groups excluding carboxylic acids is 1. The van der Waals surface area contributed by atoms with E-state index in [1.165, 1.54) is 0 Å². The molecule has 0 bridgehead atoms. The summed E-state index contributed by atoms with van der Waals surface area (Å²) in [6, 6.07) is 7.45. The largest absolute Gasteiger partial charge is 0.333 e. The van der Waals surface area contributed by atoms with Gasteiger partial charge in [-0.05, 0) is 34.2 Å². The van der Waals surface area contributed by atoms with Gasteiger partial charge in [0.15, 0.2) is 0 Å². The maximum Gasteiger partial charge on any atom is 0.329 e. The Bertz CT molecular complexity index is 303. The third kappa shape index (κ3) is 3.19. The molecule has 0 saturated heterocycles. The second-order valence-electron chi connectivity index (χ2n) is 2.42. The van der Waals surface area contributed by atoms with Gasteiger partial charge in [-0.3, -0.25) is 5.43 Å². The molecule has 0 aliphatic heterocycles. The van der Waals surface area contributed by atoms with Gasteiger partial charge in [0.2, 0.25) is 0 Å². The molecule has 1 rings (SSSR count). The van der Waals surface area contributed by atoms with E-state index in [0.29, 0.717) is 6.54 Å². The minimum absolute atomic E-state index is 0.375. The molecule has 0 aliphatic rings.